The molecular formula is C41H74N2O3. The number of ether oxygens (including phenoxy) is 1. The van der Waals surface area contributed by atoms with Gasteiger partial charge in [0.05, 0.1) is 12.2 Å². The molecular weight excluding hydrogens is 568 g/mol. The van der Waals surface area contributed by atoms with Gasteiger partial charge in [-0.1, -0.05) is 175 Å². The molecule has 1 aromatic carbocycles. The van der Waals surface area contributed by atoms with Gasteiger partial charge in [-0.3, -0.25) is 9.59 Å². The van der Waals surface area contributed by atoms with Gasteiger partial charge in [0.2, 0.25) is 0 Å². The summed E-state index contributed by atoms with van der Waals surface area (Å²) in [5.74, 6) is 0.329. The molecule has 0 heterocycles. The van der Waals surface area contributed by atoms with E-state index in [-0.39, 0.29) is 11.8 Å². The molecule has 0 aliphatic carbocycles. The highest BCUT2D eigenvalue weighted by molar-refractivity contribution is 6.00. The zero-order chi connectivity index (χ0) is 33.3. The van der Waals surface area contributed by atoms with Gasteiger partial charge in [-0.2, -0.15) is 0 Å². The fraction of sp³-hybridized carbons (Fsp3) is 0.805. The van der Waals surface area contributed by atoms with Crippen molar-refractivity contribution >= 4 is 11.8 Å². The number of amides is 2. The number of hydrogen-bond acceptors (Lipinski definition) is 3. The Morgan fingerprint density at radius 2 is 0.848 bits per heavy atom. The van der Waals surface area contributed by atoms with Crippen molar-refractivity contribution in [1.29, 1.82) is 0 Å². The van der Waals surface area contributed by atoms with Crippen LogP contribution in [0.3, 0.4) is 0 Å². The lowest BCUT2D eigenvalue weighted by molar-refractivity contribution is 0.0937. The van der Waals surface area contributed by atoms with Gasteiger partial charge in [0.15, 0.2) is 0 Å². The minimum Gasteiger partial charge on any atom is -0.493 e. The van der Waals surface area contributed by atoms with Gasteiger partial charge in [0.1, 0.15) is 5.75 Å². The molecule has 2 N–H and O–H groups in total. The number of carbonyl (C=O) groups is 2. The third-order valence-electron chi connectivity index (χ3n) is 9.13. The summed E-state index contributed by atoms with van der Waals surface area (Å²) >= 11 is 0. The molecule has 1 rings (SSSR count). The summed E-state index contributed by atoms with van der Waals surface area (Å²) in [6.07, 6.45) is 34.0. The zero-order valence-corrected chi connectivity index (χ0v) is 30.7. The largest absolute Gasteiger partial charge is 0.493 e. The van der Waals surface area contributed by atoms with E-state index in [2.05, 4.69) is 31.4 Å². The lowest BCUT2D eigenvalue weighted by Crippen LogP contribution is -2.26. The minimum atomic E-state index is -0.109. The second kappa shape index (κ2) is 31.6. The maximum absolute atomic E-state index is 13.1. The van der Waals surface area contributed by atoms with Gasteiger partial charge < -0.3 is 15.4 Å². The number of hydrogen-bond donors (Lipinski definition) is 2. The van der Waals surface area contributed by atoms with Crippen molar-refractivity contribution in [3.8, 4) is 5.75 Å². The Labute approximate surface area is 285 Å². The average Bonchev–Trinajstić information content (AvgIpc) is 3.07. The average molecular weight is 643 g/mol. The first-order valence-electron chi connectivity index (χ1n) is 20.0. The monoisotopic (exact) mass is 643 g/mol. The van der Waals surface area contributed by atoms with Gasteiger partial charge in [-0.25, -0.2) is 0 Å². The van der Waals surface area contributed by atoms with E-state index < -0.39 is 0 Å². The van der Waals surface area contributed by atoms with Gasteiger partial charge in [0, 0.05) is 18.7 Å². The summed E-state index contributed by atoms with van der Waals surface area (Å²) in [5.41, 5.74) is 1.09. The molecule has 0 aromatic heterocycles. The Morgan fingerprint density at radius 3 is 1.28 bits per heavy atom. The van der Waals surface area contributed by atoms with E-state index in [0.717, 1.165) is 38.5 Å². The zero-order valence-electron chi connectivity index (χ0n) is 30.7. The van der Waals surface area contributed by atoms with Crippen LogP contribution in [0.2, 0.25) is 0 Å². The van der Waals surface area contributed by atoms with Gasteiger partial charge in [0.25, 0.3) is 11.8 Å². The molecule has 0 aliphatic rings. The number of benzene rings is 1. The van der Waals surface area contributed by atoms with Crippen LogP contribution < -0.4 is 15.4 Å². The first kappa shape index (κ1) is 42.0. The van der Waals surface area contributed by atoms with Gasteiger partial charge in [-0.15, -0.1) is 0 Å². The van der Waals surface area contributed by atoms with Crippen LogP contribution >= 0.6 is 0 Å². The molecule has 266 valence electrons. The van der Waals surface area contributed by atoms with Crippen LogP contribution in [0.1, 0.15) is 215 Å². The molecule has 0 atom stereocenters. The molecule has 5 heteroatoms. The first-order chi connectivity index (χ1) is 22.6. The summed E-state index contributed by atoms with van der Waals surface area (Å²) in [4.78, 5) is 26.1. The highest BCUT2D eigenvalue weighted by Gasteiger charge is 2.16. The third kappa shape index (κ3) is 23.3. The molecule has 5 nitrogen and oxygen atoms in total. The van der Waals surface area contributed by atoms with Crippen LogP contribution in [-0.2, 0) is 0 Å². The van der Waals surface area contributed by atoms with Crippen LogP contribution in [0, 0.1) is 0 Å². The van der Waals surface area contributed by atoms with E-state index in [1.54, 1.807) is 18.2 Å². The normalized spacial score (nSPS) is 11.1. The predicted octanol–water partition coefficient (Wildman–Crippen LogP) is 12.1. The van der Waals surface area contributed by atoms with Crippen molar-refractivity contribution in [3.63, 3.8) is 0 Å². The van der Waals surface area contributed by atoms with Crippen LogP contribution in [0.15, 0.2) is 18.2 Å². The summed E-state index contributed by atoms with van der Waals surface area (Å²) in [6, 6.07) is 5.30. The quantitative estimate of drug-likeness (QED) is 0.0750. The van der Waals surface area contributed by atoms with E-state index in [9.17, 15) is 9.59 Å². The molecule has 0 saturated heterocycles. The Morgan fingerprint density at radius 1 is 0.478 bits per heavy atom. The number of unbranched alkanes of at least 4 members (excludes halogenated alkanes) is 24. The summed E-state index contributed by atoms with van der Waals surface area (Å²) in [7, 11) is 0. The molecule has 0 unspecified atom stereocenters. The Bertz CT molecular complexity index is 856. The molecule has 46 heavy (non-hydrogen) atoms. The van der Waals surface area contributed by atoms with E-state index >= 15 is 0 Å². The Kier molecular flexibility index (Phi) is 28.8. The number of rotatable bonds is 33. The topological polar surface area (TPSA) is 67.4 Å². The minimum absolute atomic E-state index is 0.0889. The fourth-order valence-electron chi connectivity index (χ4n) is 6.04. The van der Waals surface area contributed by atoms with Crippen molar-refractivity contribution in [2.45, 2.75) is 194 Å². The first-order valence-corrected chi connectivity index (χ1v) is 20.0. The van der Waals surface area contributed by atoms with Crippen molar-refractivity contribution in [2.24, 2.45) is 0 Å². The van der Waals surface area contributed by atoms with E-state index in [1.165, 1.54) is 135 Å². The van der Waals surface area contributed by atoms with Crippen LogP contribution in [-0.4, -0.2) is 31.5 Å². The molecule has 0 saturated carbocycles. The Hall–Kier alpha value is -2.04. The third-order valence-corrected chi connectivity index (χ3v) is 9.13. The molecule has 2 amide bonds. The fourth-order valence-corrected chi connectivity index (χ4v) is 6.04. The van der Waals surface area contributed by atoms with Crippen molar-refractivity contribution < 1.29 is 14.3 Å². The SMILES string of the molecule is CCCCCCCCCCCCNC(=O)c1ccc(C(=O)NCCCCCCCCCCCC)c(OCCCCCCCCC)c1. The molecule has 0 radical (unpaired) electrons. The summed E-state index contributed by atoms with van der Waals surface area (Å²) in [5, 5.41) is 6.18. The standard InChI is InChI=1S/C41H74N2O3/c1-4-7-10-13-16-18-20-22-25-28-33-42-40(44)37-31-32-38(39(36-37)46-35-30-27-24-15-12-9-6-3)41(45)43-34-29-26-23-21-19-17-14-11-8-5-2/h31-32,36H,4-30,33-35H2,1-3H3,(H,42,44)(H,43,45). The smallest absolute Gasteiger partial charge is 0.255 e. The highest BCUT2D eigenvalue weighted by Crippen LogP contribution is 2.22. The molecule has 1 aromatic rings. The summed E-state index contributed by atoms with van der Waals surface area (Å²) in [6.45, 7) is 8.69. The van der Waals surface area contributed by atoms with Gasteiger partial charge >= 0.3 is 0 Å². The van der Waals surface area contributed by atoms with Gasteiger partial charge in [-0.05, 0) is 37.5 Å². The maximum atomic E-state index is 13.1. The molecule has 0 bridgehead atoms. The second-order valence-corrected chi connectivity index (χ2v) is 13.6. The van der Waals surface area contributed by atoms with Crippen LogP contribution in [0.4, 0.5) is 0 Å². The number of carbonyl (C=O) groups excluding carboxylic acids is 2. The second-order valence-electron chi connectivity index (χ2n) is 13.6. The predicted molar refractivity (Wildman–Crippen MR) is 198 cm³/mol. The van der Waals surface area contributed by atoms with Crippen molar-refractivity contribution in [1.82, 2.24) is 10.6 Å². The lowest BCUT2D eigenvalue weighted by atomic mass is 10.1. The lowest BCUT2D eigenvalue weighted by Gasteiger charge is -2.14. The molecule has 0 fully saturated rings. The van der Waals surface area contributed by atoms with Crippen molar-refractivity contribution in [3.05, 3.63) is 29.3 Å². The van der Waals surface area contributed by atoms with E-state index in [1.807, 2.05) is 0 Å². The highest BCUT2D eigenvalue weighted by atomic mass is 16.5. The Balaban J connectivity index is 2.48. The van der Waals surface area contributed by atoms with Crippen LogP contribution in [0.5, 0.6) is 5.75 Å². The molecule has 0 spiro atoms. The van der Waals surface area contributed by atoms with E-state index in [0.29, 0.717) is 36.6 Å². The number of nitrogens with one attached hydrogen (secondary N) is 2. The van der Waals surface area contributed by atoms with Crippen LogP contribution in [0.25, 0.3) is 0 Å². The van der Waals surface area contributed by atoms with Crippen molar-refractivity contribution in [2.75, 3.05) is 19.7 Å². The molecule has 0 aliphatic heterocycles. The summed E-state index contributed by atoms with van der Waals surface area (Å²) < 4.78 is 6.15. The van der Waals surface area contributed by atoms with E-state index in [4.69, 9.17) is 4.74 Å². The maximum Gasteiger partial charge on any atom is 0.255 e.